The average Bonchev–Trinajstić information content (AvgIpc) is 3.02. The fourth-order valence-corrected chi connectivity index (χ4v) is 4.07. The van der Waals surface area contributed by atoms with E-state index in [1.165, 1.54) is 10.9 Å². The van der Waals surface area contributed by atoms with E-state index in [1.807, 2.05) is 32.0 Å². The Kier molecular flexibility index (Phi) is 5.83. The fourth-order valence-electron chi connectivity index (χ4n) is 3.04. The summed E-state index contributed by atoms with van der Waals surface area (Å²) in [6, 6.07) is 5.02. The highest BCUT2D eigenvalue weighted by Gasteiger charge is 2.23. The van der Waals surface area contributed by atoms with E-state index < -0.39 is 12.0 Å². The highest BCUT2D eigenvalue weighted by atomic mass is 32.1. The molecule has 29 heavy (non-hydrogen) atoms. The number of aromatic nitrogens is 2. The van der Waals surface area contributed by atoms with Crippen LogP contribution in [-0.2, 0) is 9.53 Å². The standard InChI is InChI=1S/C21H23N3O4S/c1-6-28-21(27)17-13(4)16-19(29-17)22-10-24(20(16)26)14(5)18(25)23-15-9-11(2)7-8-12(15)3/h7-10,14H,6H2,1-5H3,(H,23,25)/t14-/m1/s1. The molecule has 0 aliphatic heterocycles. The second-order valence-electron chi connectivity index (χ2n) is 6.90. The largest absolute Gasteiger partial charge is 0.462 e. The third-order valence-corrected chi connectivity index (χ3v) is 5.96. The number of fused-ring (bicyclic) bond motifs is 1. The van der Waals surface area contributed by atoms with Crippen LogP contribution in [0.25, 0.3) is 10.2 Å². The van der Waals surface area contributed by atoms with Crippen LogP contribution in [0.4, 0.5) is 5.69 Å². The average molecular weight is 413 g/mol. The van der Waals surface area contributed by atoms with Gasteiger partial charge in [-0.3, -0.25) is 14.2 Å². The van der Waals surface area contributed by atoms with Crippen LogP contribution in [0.5, 0.6) is 0 Å². The van der Waals surface area contributed by atoms with Gasteiger partial charge in [0.25, 0.3) is 5.56 Å². The van der Waals surface area contributed by atoms with Gasteiger partial charge in [-0.1, -0.05) is 12.1 Å². The van der Waals surface area contributed by atoms with E-state index >= 15 is 0 Å². The number of esters is 1. The Balaban J connectivity index is 1.96. The predicted octanol–water partition coefficient (Wildman–Crippen LogP) is 3.76. The normalized spacial score (nSPS) is 12.0. The third-order valence-electron chi connectivity index (χ3n) is 4.78. The van der Waals surface area contributed by atoms with Crippen LogP contribution in [0.3, 0.4) is 0 Å². The Hall–Kier alpha value is -3.00. The van der Waals surface area contributed by atoms with Crippen molar-refractivity contribution >= 4 is 39.1 Å². The maximum Gasteiger partial charge on any atom is 0.348 e. The van der Waals surface area contributed by atoms with Crippen LogP contribution in [0, 0.1) is 20.8 Å². The van der Waals surface area contributed by atoms with Gasteiger partial charge in [0.05, 0.1) is 18.3 Å². The van der Waals surface area contributed by atoms with E-state index in [-0.39, 0.29) is 18.1 Å². The molecule has 0 radical (unpaired) electrons. The van der Waals surface area contributed by atoms with Gasteiger partial charge in [-0.2, -0.15) is 0 Å². The molecular weight excluding hydrogens is 390 g/mol. The molecule has 8 heteroatoms. The van der Waals surface area contributed by atoms with Gasteiger partial charge >= 0.3 is 5.97 Å². The highest BCUT2D eigenvalue weighted by molar-refractivity contribution is 7.20. The first-order valence-corrected chi connectivity index (χ1v) is 10.1. The van der Waals surface area contributed by atoms with Crippen molar-refractivity contribution in [2.75, 3.05) is 11.9 Å². The molecule has 1 amide bonds. The number of benzene rings is 1. The molecule has 0 bridgehead atoms. The van der Waals surface area contributed by atoms with Gasteiger partial charge in [-0.15, -0.1) is 11.3 Å². The molecule has 2 aromatic heterocycles. The summed E-state index contributed by atoms with van der Waals surface area (Å²) < 4.78 is 6.34. The molecular formula is C21H23N3O4S. The Morgan fingerprint density at radius 1 is 1.28 bits per heavy atom. The molecule has 0 aliphatic carbocycles. The number of anilines is 1. The summed E-state index contributed by atoms with van der Waals surface area (Å²) in [6.45, 7) is 9.16. The minimum Gasteiger partial charge on any atom is -0.462 e. The number of amides is 1. The zero-order valence-corrected chi connectivity index (χ0v) is 17.8. The fraction of sp³-hybridized carbons (Fsp3) is 0.333. The van der Waals surface area contributed by atoms with Crippen molar-refractivity contribution < 1.29 is 14.3 Å². The van der Waals surface area contributed by atoms with Crippen LogP contribution in [0.15, 0.2) is 29.3 Å². The first-order valence-electron chi connectivity index (χ1n) is 9.30. The van der Waals surface area contributed by atoms with Crippen molar-refractivity contribution in [3.8, 4) is 0 Å². The smallest absolute Gasteiger partial charge is 0.348 e. The number of carbonyl (C=O) groups is 2. The number of aryl methyl sites for hydroxylation is 3. The number of hydrogen-bond acceptors (Lipinski definition) is 6. The Morgan fingerprint density at radius 3 is 2.69 bits per heavy atom. The predicted molar refractivity (Wildman–Crippen MR) is 114 cm³/mol. The maximum absolute atomic E-state index is 13.1. The summed E-state index contributed by atoms with van der Waals surface area (Å²) in [5.74, 6) is -0.792. The lowest BCUT2D eigenvalue weighted by atomic mass is 10.1. The van der Waals surface area contributed by atoms with Gasteiger partial charge in [-0.05, 0) is 57.4 Å². The van der Waals surface area contributed by atoms with Gasteiger partial charge < -0.3 is 10.1 Å². The lowest BCUT2D eigenvalue weighted by Gasteiger charge is -2.16. The van der Waals surface area contributed by atoms with Crippen LogP contribution in [-0.4, -0.2) is 28.0 Å². The number of hydrogen-bond donors (Lipinski definition) is 1. The van der Waals surface area contributed by atoms with Crippen molar-refractivity contribution in [2.24, 2.45) is 0 Å². The zero-order chi connectivity index (χ0) is 21.3. The molecule has 0 fully saturated rings. The molecule has 3 rings (SSSR count). The molecule has 1 aromatic carbocycles. The van der Waals surface area contributed by atoms with Crippen molar-refractivity contribution in [2.45, 2.75) is 40.7 Å². The van der Waals surface area contributed by atoms with E-state index in [0.717, 1.165) is 22.5 Å². The number of ether oxygens (including phenoxy) is 1. The SMILES string of the molecule is CCOC(=O)c1sc2ncn([C@H](C)C(=O)Nc3cc(C)ccc3C)c(=O)c2c1C. The van der Waals surface area contributed by atoms with Gasteiger partial charge in [0.2, 0.25) is 5.91 Å². The minimum absolute atomic E-state index is 0.250. The molecule has 2 heterocycles. The second-order valence-corrected chi connectivity index (χ2v) is 7.90. The van der Waals surface area contributed by atoms with E-state index in [4.69, 9.17) is 4.74 Å². The molecule has 0 aliphatic rings. The molecule has 0 unspecified atom stereocenters. The summed E-state index contributed by atoms with van der Waals surface area (Å²) >= 11 is 1.12. The molecule has 152 valence electrons. The van der Waals surface area contributed by atoms with E-state index in [1.54, 1.807) is 20.8 Å². The number of rotatable bonds is 5. The maximum atomic E-state index is 13.1. The zero-order valence-electron chi connectivity index (χ0n) is 17.0. The van der Waals surface area contributed by atoms with E-state index in [9.17, 15) is 14.4 Å². The Bertz CT molecular complexity index is 1160. The van der Waals surface area contributed by atoms with Crippen LogP contribution in [0.2, 0.25) is 0 Å². The molecule has 1 atom stereocenters. The van der Waals surface area contributed by atoms with Crippen molar-refractivity contribution in [1.82, 2.24) is 9.55 Å². The van der Waals surface area contributed by atoms with Gasteiger partial charge in [0, 0.05) is 5.69 Å². The Labute approximate surface area is 172 Å². The lowest BCUT2D eigenvalue weighted by Crippen LogP contribution is -2.32. The van der Waals surface area contributed by atoms with Crippen LogP contribution in [0.1, 0.15) is 46.3 Å². The van der Waals surface area contributed by atoms with Crippen molar-refractivity contribution in [3.63, 3.8) is 0 Å². The molecule has 7 nitrogen and oxygen atoms in total. The van der Waals surface area contributed by atoms with Gasteiger partial charge in [0.15, 0.2) is 0 Å². The first kappa shape index (κ1) is 20.7. The molecule has 3 aromatic rings. The molecule has 0 saturated carbocycles. The summed E-state index contributed by atoms with van der Waals surface area (Å²) in [4.78, 5) is 43.1. The van der Waals surface area contributed by atoms with E-state index in [2.05, 4.69) is 10.3 Å². The van der Waals surface area contributed by atoms with Crippen molar-refractivity contribution in [1.29, 1.82) is 0 Å². The lowest BCUT2D eigenvalue weighted by molar-refractivity contribution is -0.118. The van der Waals surface area contributed by atoms with E-state index in [0.29, 0.717) is 26.3 Å². The number of nitrogens with zero attached hydrogens (tertiary/aromatic N) is 2. The Morgan fingerprint density at radius 2 is 2.00 bits per heavy atom. The van der Waals surface area contributed by atoms with Crippen LogP contribution < -0.4 is 10.9 Å². The quantitative estimate of drug-likeness (QED) is 0.643. The summed E-state index contributed by atoms with van der Waals surface area (Å²) in [7, 11) is 0. The number of carbonyl (C=O) groups excluding carboxylic acids is 2. The molecule has 0 saturated heterocycles. The topological polar surface area (TPSA) is 90.3 Å². The summed E-state index contributed by atoms with van der Waals surface area (Å²) in [5.41, 5.74) is 2.84. The minimum atomic E-state index is -0.773. The third kappa shape index (κ3) is 3.93. The number of thiophene rings is 1. The van der Waals surface area contributed by atoms with Gasteiger partial charge in [-0.25, -0.2) is 9.78 Å². The second kappa shape index (κ2) is 8.16. The van der Waals surface area contributed by atoms with Gasteiger partial charge in [0.1, 0.15) is 15.7 Å². The molecule has 1 N–H and O–H groups in total. The first-order chi connectivity index (χ1) is 13.7. The highest BCUT2D eigenvalue weighted by Crippen LogP contribution is 2.28. The summed E-state index contributed by atoms with van der Waals surface area (Å²) in [6.07, 6.45) is 1.35. The monoisotopic (exact) mass is 413 g/mol. The number of nitrogens with one attached hydrogen (secondary N) is 1. The summed E-state index contributed by atoms with van der Waals surface area (Å²) in [5, 5.41) is 3.22. The van der Waals surface area contributed by atoms with Crippen LogP contribution >= 0.6 is 11.3 Å². The van der Waals surface area contributed by atoms with Crippen molar-refractivity contribution in [3.05, 3.63) is 56.4 Å². The molecule has 0 spiro atoms.